The Hall–Kier alpha value is -0.0500. The number of hydrogen-bond donors (Lipinski definition) is 0. The monoisotopic (exact) mass is 164 g/mol. The van der Waals surface area contributed by atoms with Gasteiger partial charge in [0, 0.05) is 6.26 Å². The van der Waals surface area contributed by atoms with E-state index in [9.17, 15) is 8.42 Å². The summed E-state index contributed by atoms with van der Waals surface area (Å²) in [6.07, 6.45) is 3.36. The van der Waals surface area contributed by atoms with Crippen molar-refractivity contribution in [2.45, 2.75) is 26.7 Å². The minimum Gasteiger partial charge on any atom is -0.229 e. The Balaban J connectivity index is 3.69. The Morgan fingerprint density at radius 3 is 2.20 bits per heavy atom. The third-order valence-electron chi connectivity index (χ3n) is 1.37. The highest BCUT2D eigenvalue weighted by Crippen LogP contribution is 2.06. The van der Waals surface area contributed by atoms with Crippen LogP contribution in [0.25, 0.3) is 0 Å². The van der Waals surface area contributed by atoms with Crippen molar-refractivity contribution in [1.82, 2.24) is 0 Å². The minimum absolute atomic E-state index is 0.319. The van der Waals surface area contributed by atoms with Crippen LogP contribution in [0.15, 0.2) is 0 Å². The molecule has 0 unspecified atom stereocenters. The van der Waals surface area contributed by atoms with Crippen LogP contribution in [-0.2, 0) is 9.84 Å². The molecule has 3 heteroatoms. The molecule has 0 aromatic rings. The van der Waals surface area contributed by atoms with Crippen LogP contribution in [0.3, 0.4) is 0 Å². The van der Waals surface area contributed by atoms with E-state index in [1.807, 2.05) is 6.92 Å². The van der Waals surface area contributed by atoms with E-state index < -0.39 is 9.84 Å². The molecular formula is C7H16O2S. The zero-order valence-electron chi connectivity index (χ0n) is 6.92. The largest absolute Gasteiger partial charge is 0.229 e. The predicted octanol–water partition coefficient (Wildman–Crippen LogP) is 1.47. The Kier molecular flexibility index (Phi) is 3.94. The van der Waals surface area contributed by atoms with Gasteiger partial charge in [0.2, 0.25) is 0 Å². The van der Waals surface area contributed by atoms with Crippen molar-refractivity contribution >= 4 is 9.84 Å². The summed E-state index contributed by atoms with van der Waals surface area (Å²) in [5.74, 6) is 0.654. The molecule has 0 N–H and O–H groups in total. The van der Waals surface area contributed by atoms with Gasteiger partial charge in [-0.05, 0) is 5.92 Å². The van der Waals surface area contributed by atoms with Crippen LogP contribution in [0.4, 0.5) is 0 Å². The molecule has 10 heavy (non-hydrogen) atoms. The van der Waals surface area contributed by atoms with Crippen LogP contribution < -0.4 is 0 Å². The van der Waals surface area contributed by atoms with Gasteiger partial charge >= 0.3 is 0 Å². The molecule has 0 aromatic heterocycles. The van der Waals surface area contributed by atoms with Crippen LogP contribution in [0, 0.1) is 5.92 Å². The van der Waals surface area contributed by atoms with Crippen LogP contribution in [0.1, 0.15) is 26.7 Å². The smallest absolute Gasteiger partial charge is 0.147 e. The van der Waals surface area contributed by atoms with Gasteiger partial charge < -0.3 is 0 Å². The topological polar surface area (TPSA) is 34.1 Å². The molecule has 0 saturated heterocycles. The van der Waals surface area contributed by atoms with E-state index in [4.69, 9.17) is 0 Å². The van der Waals surface area contributed by atoms with E-state index in [0.29, 0.717) is 11.7 Å². The summed E-state index contributed by atoms with van der Waals surface area (Å²) in [6, 6.07) is 0. The fourth-order valence-electron chi connectivity index (χ4n) is 1.09. The average Bonchev–Trinajstić information content (AvgIpc) is 1.59. The first kappa shape index (κ1) is 9.95. The van der Waals surface area contributed by atoms with Crippen molar-refractivity contribution < 1.29 is 8.42 Å². The van der Waals surface area contributed by atoms with Gasteiger partial charge in [-0.2, -0.15) is 0 Å². The first-order valence-electron chi connectivity index (χ1n) is 3.63. The maximum atomic E-state index is 10.7. The molecule has 0 spiro atoms. The predicted molar refractivity (Wildman–Crippen MR) is 43.8 cm³/mol. The second-order valence-electron chi connectivity index (χ2n) is 2.99. The first-order valence-corrected chi connectivity index (χ1v) is 5.69. The first-order chi connectivity index (χ1) is 4.45. The molecule has 0 bridgehead atoms. The lowest BCUT2D eigenvalue weighted by atomic mass is 10.1. The minimum atomic E-state index is -2.75. The van der Waals surface area contributed by atoms with Crippen LogP contribution >= 0.6 is 0 Å². The molecule has 0 aliphatic carbocycles. The maximum Gasteiger partial charge on any atom is 0.147 e. The van der Waals surface area contributed by atoms with Crippen LogP contribution in [0.2, 0.25) is 0 Å². The molecule has 1 atom stereocenters. The molecule has 0 aliphatic heterocycles. The van der Waals surface area contributed by atoms with Gasteiger partial charge in [-0.25, -0.2) is 8.42 Å². The summed E-state index contributed by atoms with van der Waals surface area (Å²) in [7, 11) is -2.75. The average molecular weight is 164 g/mol. The van der Waals surface area contributed by atoms with Crippen molar-refractivity contribution in [3.63, 3.8) is 0 Å². The highest BCUT2D eigenvalue weighted by Gasteiger charge is 2.08. The van der Waals surface area contributed by atoms with E-state index in [-0.39, 0.29) is 0 Å². The lowest BCUT2D eigenvalue weighted by molar-refractivity contribution is 0.549. The molecule has 0 saturated carbocycles. The van der Waals surface area contributed by atoms with E-state index in [1.54, 1.807) is 0 Å². The van der Waals surface area contributed by atoms with Gasteiger partial charge in [-0.1, -0.05) is 26.7 Å². The highest BCUT2D eigenvalue weighted by molar-refractivity contribution is 7.90. The zero-order valence-corrected chi connectivity index (χ0v) is 7.74. The van der Waals surface area contributed by atoms with E-state index >= 15 is 0 Å². The SMILES string of the molecule is CCC[C@H](C)CS(C)(=O)=O. The van der Waals surface area contributed by atoms with Crippen molar-refractivity contribution in [2.75, 3.05) is 12.0 Å². The standard InChI is InChI=1S/C7H16O2S/c1-4-5-7(2)6-10(3,8)9/h7H,4-6H2,1-3H3/t7-/m0/s1. The summed E-state index contributed by atoms with van der Waals surface area (Å²) in [6.45, 7) is 4.04. The summed E-state index contributed by atoms with van der Waals surface area (Å²) >= 11 is 0. The second kappa shape index (κ2) is 3.96. The van der Waals surface area contributed by atoms with Gasteiger partial charge in [0.1, 0.15) is 9.84 Å². The Morgan fingerprint density at radius 1 is 1.40 bits per heavy atom. The van der Waals surface area contributed by atoms with Gasteiger partial charge in [0.25, 0.3) is 0 Å². The van der Waals surface area contributed by atoms with E-state index in [1.165, 1.54) is 6.26 Å². The third-order valence-corrected chi connectivity index (χ3v) is 2.54. The van der Waals surface area contributed by atoms with Crippen LogP contribution in [-0.4, -0.2) is 20.4 Å². The maximum absolute atomic E-state index is 10.7. The molecule has 0 amide bonds. The lowest BCUT2D eigenvalue weighted by Gasteiger charge is -2.06. The highest BCUT2D eigenvalue weighted by atomic mass is 32.2. The van der Waals surface area contributed by atoms with Crippen LogP contribution in [0.5, 0.6) is 0 Å². The normalized spacial score (nSPS) is 15.1. The quantitative estimate of drug-likeness (QED) is 0.630. The molecular weight excluding hydrogens is 148 g/mol. The molecule has 2 nitrogen and oxygen atoms in total. The Morgan fingerprint density at radius 2 is 1.90 bits per heavy atom. The van der Waals surface area contributed by atoms with Crippen molar-refractivity contribution in [1.29, 1.82) is 0 Å². The second-order valence-corrected chi connectivity index (χ2v) is 5.17. The van der Waals surface area contributed by atoms with Crippen molar-refractivity contribution in [3.8, 4) is 0 Å². The molecule has 0 aromatic carbocycles. The molecule has 0 rings (SSSR count). The zero-order chi connectivity index (χ0) is 8.20. The van der Waals surface area contributed by atoms with Crippen molar-refractivity contribution in [3.05, 3.63) is 0 Å². The van der Waals surface area contributed by atoms with E-state index in [2.05, 4.69) is 6.92 Å². The van der Waals surface area contributed by atoms with E-state index in [0.717, 1.165) is 12.8 Å². The summed E-state index contributed by atoms with van der Waals surface area (Å²) in [5.41, 5.74) is 0. The summed E-state index contributed by atoms with van der Waals surface area (Å²) < 4.78 is 21.4. The molecule has 0 aliphatic rings. The third kappa shape index (κ3) is 6.08. The number of rotatable bonds is 4. The molecule has 62 valence electrons. The van der Waals surface area contributed by atoms with Gasteiger partial charge in [-0.3, -0.25) is 0 Å². The fourth-order valence-corrected chi connectivity index (χ4v) is 2.29. The Labute approximate surface area is 63.6 Å². The van der Waals surface area contributed by atoms with Gasteiger partial charge in [0.05, 0.1) is 5.75 Å². The summed E-state index contributed by atoms with van der Waals surface area (Å²) in [5, 5.41) is 0. The van der Waals surface area contributed by atoms with Gasteiger partial charge in [-0.15, -0.1) is 0 Å². The lowest BCUT2D eigenvalue weighted by Crippen LogP contribution is -2.11. The molecule has 0 heterocycles. The number of hydrogen-bond acceptors (Lipinski definition) is 2. The number of sulfone groups is 1. The molecule has 0 fully saturated rings. The van der Waals surface area contributed by atoms with Gasteiger partial charge in [0.15, 0.2) is 0 Å². The molecule has 0 radical (unpaired) electrons. The van der Waals surface area contributed by atoms with Crippen molar-refractivity contribution in [2.24, 2.45) is 5.92 Å². The summed E-state index contributed by atoms with van der Waals surface area (Å²) in [4.78, 5) is 0. The fraction of sp³-hybridized carbons (Fsp3) is 1.00. The Bertz CT molecular complexity index is 170.